The molecule has 0 aliphatic heterocycles. The monoisotopic (exact) mass is 193 g/mol. The van der Waals surface area contributed by atoms with Crippen molar-refractivity contribution >= 4 is 11.5 Å². The first-order valence-electron chi connectivity index (χ1n) is 4.96. The lowest BCUT2D eigenvalue weighted by atomic mass is 10.0. The molecule has 0 atom stereocenters. The van der Waals surface area contributed by atoms with Crippen LogP contribution in [-0.2, 0) is 0 Å². The molecule has 0 bridgehead atoms. The number of nitrogens with zero attached hydrogens (tertiary/aromatic N) is 1. The molecule has 14 heavy (non-hydrogen) atoms. The Bertz CT molecular complexity index is 318. The first-order chi connectivity index (χ1) is 6.44. The smallest absolute Gasteiger partial charge is 0.126 e. The SMILES string of the molecule is CCC(C)(C)Nc1ccc(N)c(C)n1. The van der Waals surface area contributed by atoms with Gasteiger partial charge in [-0.25, -0.2) is 4.98 Å². The first-order valence-corrected chi connectivity index (χ1v) is 4.96. The van der Waals surface area contributed by atoms with Crippen LogP contribution in [0.3, 0.4) is 0 Å². The number of pyridine rings is 1. The summed E-state index contributed by atoms with van der Waals surface area (Å²) in [6.45, 7) is 8.37. The van der Waals surface area contributed by atoms with E-state index < -0.39 is 0 Å². The summed E-state index contributed by atoms with van der Waals surface area (Å²) in [6.07, 6.45) is 1.05. The van der Waals surface area contributed by atoms with Gasteiger partial charge in [0.25, 0.3) is 0 Å². The Morgan fingerprint density at radius 3 is 2.57 bits per heavy atom. The summed E-state index contributed by atoms with van der Waals surface area (Å²) in [5, 5.41) is 3.37. The van der Waals surface area contributed by atoms with Crippen molar-refractivity contribution in [3.63, 3.8) is 0 Å². The number of nitrogen functional groups attached to an aromatic ring is 1. The van der Waals surface area contributed by atoms with E-state index in [9.17, 15) is 0 Å². The van der Waals surface area contributed by atoms with Gasteiger partial charge in [-0.15, -0.1) is 0 Å². The number of hydrogen-bond acceptors (Lipinski definition) is 3. The lowest BCUT2D eigenvalue weighted by Crippen LogP contribution is -2.30. The minimum Gasteiger partial charge on any atom is -0.397 e. The highest BCUT2D eigenvalue weighted by Crippen LogP contribution is 2.18. The van der Waals surface area contributed by atoms with E-state index in [-0.39, 0.29) is 5.54 Å². The van der Waals surface area contributed by atoms with Gasteiger partial charge in [0, 0.05) is 5.54 Å². The van der Waals surface area contributed by atoms with Gasteiger partial charge >= 0.3 is 0 Å². The third-order valence-electron chi connectivity index (χ3n) is 2.48. The number of rotatable bonds is 3. The average Bonchev–Trinajstić information content (AvgIpc) is 2.11. The number of aryl methyl sites for hydroxylation is 1. The van der Waals surface area contributed by atoms with Crippen molar-refractivity contribution in [2.75, 3.05) is 11.1 Å². The predicted octanol–water partition coefficient (Wildman–Crippen LogP) is 2.57. The van der Waals surface area contributed by atoms with Crippen LogP contribution < -0.4 is 11.1 Å². The second-order valence-corrected chi connectivity index (χ2v) is 4.23. The number of nitrogens with one attached hydrogen (secondary N) is 1. The van der Waals surface area contributed by atoms with Crippen LogP contribution in [0.2, 0.25) is 0 Å². The molecule has 0 aliphatic carbocycles. The first kappa shape index (κ1) is 10.8. The molecule has 0 amide bonds. The van der Waals surface area contributed by atoms with Crippen molar-refractivity contribution in [3.05, 3.63) is 17.8 Å². The summed E-state index contributed by atoms with van der Waals surface area (Å²) in [4.78, 5) is 4.37. The van der Waals surface area contributed by atoms with E-state index in [2.05, 4.69) is 31.1 Å². The Balaban J connectivity index is 2.83. The molecular weight excluding hydrogens is 174 g/mol. The minimum atomic E-state index is 0.0789. The molecule has 3 nitrogen and oxygen atoms in total. The molecule has 0 aliphatic rings. The molecule has 3 N–H and O–H groups in total. The van der Waals surface area contributed by atoms with Gasteiger partial charge in [0.05, 0.1) is 11.4 Å². The van der Waals surface area contributed by atoms with Crippen molar-refractivity contribution in [2.45, 2.75) is 39.7 Å². The minimum absolute atomic E-state index is 0.0789. The molecule has 0 saturated carbocycles. The Kier molecular flexibility index (Phi) is 2.99. The molecule has 3 heteroatoms. The standard InChI is InChI=1S/C11H19N3/c1-5-11(3,4)14-10-7-6-9(12)8(2)13-10/h6-7H,5,12H2,1-4H3,(H,13,14). The number of nitrogens with two attached hydrogens (primary N) is 1. The van der Waals surface area contributed by atoms with Crippen LogP contribution in [0.1, 0.15) is 32.9 Å². The molecule has 1 aromatic rings. The van der Waals surface area contributed by atoms with E-state index in [1.54, 1.807) is 0 Å². The van der Waals surface area contributed by atoms with Crippen molar-refractivity contribution in [1.82, 2.24) is 4.98 Å². The van der Waals surface area contributed by atoms with Crippen LogP contribution in [0.25, 0.3) is 0 Å². The molecule has 1 aromatic heterocycles. The van der Waals surface area contributed by atoms with E-state index in [0.717, 1.165) is 23.6 Å². The van der Waals surface area contributed by atoms with Crippen molar-refractivity contribution in [1.29, 1.82) is 0 Å². The summed E-state index contributed by atoms with van der Waals surface area (Å²) in [5.41, 5.74) is 7.39. The molecule has 78 valence electrons. The fourth-order valence-electron chi connectivity index (χ4n) is 1.08. The predicted molar refractivity (Wildman–Crippen MR) is 61.4 cm³/mol. The number of aromatic nitrogens is 1. The maximum atomic E-state index is 5.69. The second-order valence-electron chi connectivity index (χ2n) is 4.23. The van der Waals surface area contributed by atoms with Gasteiger partial charge in [-0.1, -0.05) is 6.92 Å². The molecular formula is C11H19N3. The van der Waals surface area contributed by atoms with Crippen LogP contribution >= 0.6 is 0 Å². The van der Waals surface area contributed by atoms with Crippen LogP contribution in [0.4, 0.5) is 11.5 Å². The quantitative estimate of drug-likeness (QED) is 0.775. The summed E-state index contributed by atoms with van der Waals surface area (Å²) in [6, 6.07) is 3.80. The van der Waals surface area contributed by atoms with E-state index in [1.807, 2.05) is 19.1 Å². The molecule has 0 unspecified atom stereocenters. The lowest BCUT2D eigenvalue weighted by Gasteiger charge is -2.25. The summed E-state index contributed by atoms with van der Waals surface area (Å²) in [5.74, 6) is 0.892. The van der Waals surface area contributed by atoms with Crippen LogP contribution in [0, 0.1) is 6.92 Å². The summed E-state index contributed by atoms with van der Waals surface area (Å²) in [7, 11) is 0. The van der Waals surface area contributed by atoms with E-state index in [0.29, 0.717) is 0 Å². The highest BCUT2D eigenvalue weighted by atomic mass is 15.0. The number of hydrogen-bond donors (Lipinski definition) is 2. The maximum Gasteiger partial charge on any atom is 0.126 e. The second kappa shape index (κ2) is 3.86. The Hall–Kier alpha value is -1.25. The fourth-order valence-corrected chi connectivity index (χ4v) is 1.08. The van der Waals surface area contributed by atoms with Gasteiger partial charge in [-0.3, -0.25) is 0 Å². The molecule has 0 aromatic carbocycles. The molecule has 0 radical (unpaired) electrons. The third-order valence-corrected chi connectivity index (χ3v) is 2.48. The largest absolute Gasteiger partial charge is 0.397 e. The zero-order valence-corrected chi connectivity index (χ0v) is 9.39. The lowest BCUT2D eigenvalue weighted by molar-refractivity contribution is 0.545. The molecule has 0 spiro atoms. The topological polar surface area (TPSA) is 50.9 Å². The van der Waals surface area contributed by atoms with Gasteiger partial charge in [0.2, 0.25) is 0 Å². The van der Waals surface area contributed by atoms with Gasteiger partial charge < -0.3 is 11.1 Å². The molecule has 0 fully saturated rings. The van der Waals surface area contributed by atoms with Crippen molar-refractivity contribution in [2.24, 2.45) is 0 Å². The summed E-state index contributed by atoms with van der Waals surface area (Å²) < 4.78 is 0. The molecule has 1 rings (SSSR count). The van der Waals surface area contributed by atoms with E-state index in [4.69, 9.17) is 5.73 Å². The van der Waals surface area contributed by atoms with Crippen LogP contribution in [0.15, 0.2) is 12.1 Å². The average molecular weight is 193 g/mol. The zero-order valence-electron chi connectivity index (χ0n) is 9.39. The normalized spacial score (nSPS) is 11.4. The van der Waals surface area contributed by atoms with E-state index in [1.165, 1.54) is 0 Å². The molecule has 0 saturated heterocycles. The van der Waals surface area contributed by atoms with Gasteiger partial charge in [0.1, 0.15) is 5.82 Å². The number of anilines is 2. The van der Waals surface area contributed by atoms with Crippen LogP contribution in [0.5, 0.6) is 0 Å². The van der Waals surface area contributed by atoms with Crippen molar-refractivity contribution < 1.29 is 0 Å². The Morgan fingerprint density at radius 1 is 1.43 bits per heavy atom. The van der Waals surface area contributed by atoms with Gasteiger partial charge in [0.15, 0.2) is 0 Å². The zero-order chi connectivity index (χ0) is 10.8. The fraction of sp³-hybridized carbons (Fsp3) is 0.545. The molecule has 1 heterocycles. The maximum absolute atomic E-state index is 5.69. The highest BCUT2D eigenvalue weighted by Gasteiger charge is 2.14. The summed E-state index contributed by atoms with van der Waals surface area (Å²) >= 11 is 0. The third kappa shape index (κ3) is 2.62. The van der Waals surface area contributed by atoms with Crippen LogP contribution in [-0.4, -0.2) is 10.5 Å². The van der Waals surface area contributed by atoms with E-state index >= 15 is 0 Å². The van der Waals surface area contributed by atoms with Crippen molar-refractivity contribution in [3.8, 4) is 0 Å². The van der Waals surface area contributed by atoms with Gasteiger partial charge in [-0.05, 0) is 39.3 Å². The van der Waals surface area contributed by atoms with Gasteiger partial charge in [-0.2, -0.15) is 0 Å². The Morgan fingerprint density at radius 2 is 2.07 bits per heavy atom. The highest BCUT2D eigenvalue weighted by molar-refractivity contribution is 5.49. The Labute approximate surface area is 85.7 Å².